The number of rotatable bonds is 5. The molecule has 0 fully saturated rings. The Labute approximate surface area is 143 Å². The molecule has 0 aliphatic carbocycles. The third-order valence-electron chi connectivity index (χ3n) is 3.29. The number of ether oxygens (including phenoxy) is 1. The predicted octanol–water partition coefficient (Wildman–Crippen LogP) is 3.33. The molecule has 0 spiro atoms. The lowest BCUT2D eigenvalue weighted by atomic mass is 10.2. The zero-order chi connectivity index (χ0) is 16.9. The van der Waals surface area contributed by atoms with Gasteiger partial charge in [0, 0.05) is 16.1 Å². The highest BCUT2D eigenvalue weighted by atomic mass is 35.5. The van der Waals surface area contributed by atoms with Crippen molar-refractivity contribution in [3.05, 3.63) is 65.0 Å². The van der Waals surface area contributed by atoms with E-state index in [1.807, 2.05) is 12.1 Å². The highest BCUT2D eigenvalue weighted by Crippen LogP contribution is 2.21. The van der Waals surface area contributed by atoms with Crippen molar-refractivity contribution < 1.29 is 13.9 Å². The summed E-state index contributed by atoms with van der Waals surface area (Å²) in [5.41, 5.74) is 1.24. The van der Waals surface area contributed by atoms with E-state index in [-0.39, 0.29) is 12.5 Å². The number of nitrogens with zero attached hydrogens (tertiary/aromatic N) is 2. The molecule has 0 saturated heterocycles. The number of amides is 1. The van der Waals surface area contributed by atoms with Gasteiger partial charge in [-0.25, -0.2) is 0 Å². The van der Waals surface area contributed by atoms with Crippen LogP contribution in [0.4, 0.5) is 0 Å². The van der Waals surface area contributed by atoms with Gasteiger partial charge in [0.2, 0.25) is 11.8 Å². The van der Waals surface area contributed by atoms with E-state index in [2.05, 4.69) is 15.5 Å². The summed E-state index contributed by atoms with van der Waals surface area (Å²) in [4.78, 5) is 12.0. The molecule has 1 heterocycles. The van der Waals surface area contributed by atoms with Gasteiger partial charge in [-0.2, -0.15) is 0 Å². The minimum Gasteiger partial charge on any atom is -0.497 e. The minimum absolute atomic E-state index is 0.133. The fourth-order valence-electron chi connectivity index (χ4n) is 2.06. The van der Waals surface area contributed by atoms with Crippen molar-refractivity contribution >= 4 is 17.5 Å². The molecule has 1 N–H and O–H groups in total. The third-order valence-corrected chi connectivity index (χ3v) is 3.53. The SMILES string of the molecule is COc1ccc(-c2nnc(CNC(=O)c3cccc(Cl)c3)o2)cc1. The lowest BCUT2D eigenvalue weighted by Gasteiger charge is -2.02. The fraction of sp³-hybridized carbons (Fsp3) is 0.118. The Hall–Kier alpha value is -2.86. The fourth-order valence-corrected chi connectivity index (χ4v) is 2.25. The van der Waals surface area contributed by atoms with Gasteiger partial charge in [0.25, 0.3) is 5.91 Å². The van der Waals surface area contributed by atoms with Crippen molar-refractivity contribution in [2.75, 3.05) is 7.11 Å². The molecule has 7 heteroatoms. The smallest absolute Gasteiger partial charge is 0.251 e. The number of hydrogen-bond donors (Lipinski definition) is 1. The number of carbonyl (C=O) groups excluding carboxylic acids is 1. The molecule has 2 aromatic carbocycles. The molecule has 0 atom stereocenters. The van der Waals surface area contributed by atoms with Crippen molar-refractivity contribution in [3.8, 4) is 17.2 Å². The predicted molar refractivity (Wildman–Crippen MR) is 88.9 cm³/mol. The van der Waals surface area contributed by atoms with Crippen molar-refractivity contribution in [1.82, 2.24) is 15.5 Å². The third kappa shape index (κ3) is 3.72. The average molecular weight is 344 g/mol. The van der Waals surface area contributed by atoms with E-state index in [1.54, 1.807) is 43.5 Å². The number of hydrogen-bond acceptors (Lipinski definition) is 5. The summed E-state index contributed by atoms with van der Waals surface area (Å²) in [6, 6.07) is 13.9. The van der Waals surface area contributed by atoms with Crippen LogP contribution in [0.3, 0.4) is 0 Å². The molecule has 0 bridgehead atoms. The van der Waals surface area contributed by atoms with Gasteiger partial charge < -0.3 is 14.5 Å². The maximum Gasteiger partial charge on any atom is 0.251 e. The largest absolute Gasteiger partial charge is 0.497 e. The van der Waals surface area contributed by atoms with Gasteiger partial charge in [0.15, 0.2) is 0 Å². The first kappa shape index (κ1) is 16.0. The molecule has 0 unspecified atom stereocenters. The van der Waals surface area contributed by atoms with Crippen molar-refractivity contribution in [2.45, 2.75) is 6.54 Å². The van der Waals surface area contributed by atoms with E-state index < -0.39 is 0 Å². The number of nitrogens with one attached hydrogen (secondary N) is 1. The Kier molecular flexibility index (Phi) is 4.77. The van der Waals surface area contributed by atoms with Crippen molar-refractivity contribution in [1.29, 1.82) is 0 Å². The monoisotopic (exact) mass is 343 g/mol. The number of carbonyl (C=O) groups is 1. The van der Waals surface area contributed by atoms with Gasteiger partial charge >= 0.3 is 0 Å². The van der Waals surface area contributed by atoms with Crippen LogP contribution in [-0.4, -0.2) is 23.2 Å². The first-order valence-electron chi connectivity index (χ1n) is 7.16. The summed E-state index contributed by atoms with van der Waals surface area (Å²) in [6.07, 6.45) is 0. The summed E-state index contributed by atoms with van der Waals surface area (Å²) < 4.78 is 10.7. The summed E-state index contributed by atoms with van der Waals surface area (Å²) in [6.45, 7) is 0.133. The summed E-state index contributed by atoms with van der Waals surface area (Å²) in [7, 11) is 1.60. The molecule has 6 nitrogen and oxygen atoms in total. The molecule has 1 amide bonds. The van der Waals surface area contributed by atoms with Crippen LogP contribution in [0.15, 0.2) is 52.9 Å². The molecule has 24 heavy (non-hydrogen) atoms. The molecule has 3 aromatic rings. The van der Waals surface area contributed by atoms with Gasteiger partial charge in [-0.3, -0.25) is 4.79 Å². The van der Waals surface area contributed by atoms with Gasteiger partial charge in [0.1, 0.15) is 5.75 Å². The Morgan fingerprint density at radius 3 is 2.71 bits per heavy atom. The molecular formula is C17H14ClN3O3. The molecular weight excluding hydrogens is 330 g/mol. The van der Waals surface area contributed by atoms with E-state index >= 15 is 0 Å². The zero-order valence-electron chi connectivity index (χ0n) is 12.8. The molecule has 0 aliphatic heterocycles. The summed E-state index contributed by atoms with van der Waals surface area (Å²) >= 11 is 5.87. The Bertz CT molecular complexity index is 846. The number of aromatic nitrogens is 2. The maximum absolute atomic E-state index is 12.0. The van der Waals surface area contributed by atoms with Crippen LogP contribution < -0.4 is 10.1 Å². The molecule has 0 saturated carbocycles. The van der Waals surface area contributed by atoms with Crippen LogP contribution in [0.5, 0.6) is 5.75 Å². The molecule has 1 aromatic heterocycles. The summed E-state index contributed by atoms with van der Waals surface area (Å²) in [5, 5.41) is 11.1. The van der Waals surface area contributed by atoms with Crippen LogP contribution in [0.25, 0.3) is 11.5 Å². The normalized spacial score (nSPS) is 10.4. The van der Waals surface area contributed by atoms with E-state index in [0.717, 1.165) is 11.3 Å². The Morgan fingerprint density at radius 2 is 2.00 bits per heavy atom. The first-order valence-corrected chi connectivity index (χ1v) is 7.54. The highest BCUT2D eigenvalue weighted by Gasteiger charge is 2.11. The lowest BCUT2D eigenvalue weighted by Crippen LogP contribution is -2.22. The molecule has 0 radical (unpaired) electrons. The summed E-state index contributed by atoms with van der Waals surface area (Å²) in [5.74, 6) is 1.18. The Balaban J connectivity index is 1.64. The quantitative estimate of drug-likeness (QED) is 0.768. The second kappa shape index (κ2) is 7.14. The van der Waals surface area contributed by atoms with Crippen LogP contribution in [0.2, 0.25) is 5.02 Å². The molecule has 3 rings (SSSR count). The van der Waals surface area contributed by atoms with Gasteiger partial charge in [-0.05, 0) is 42.5 Å². The van der Waals surface area contributed by atoms with Crippen LogP contribution in [0, 0.1) is 0 Å². The second-order valence-electron chi connectivity index (χ2n) is 4.92. The van der Waals surface area contributed by atoms with Crippen LogP contribution >= 0.6 is 11.6 Å². The van der Waals surface area contributed by atoms with Gasteiger partial charge in [0.05, 0.1) is 13.7 Å². The topological polar surface area (TPSA) is 77.3 Å². The number of halogens is 1. The highest BCUT2D eigenvalue weighted by molar-refractivity contribution is 6.30. The maximum atomic E-state index is 12.0. The average Bonchev–Trinajstić information content (AvgIpc) is 3.09. The molecule has 122 valence electrons. The lowest BCUT2D eigenvalue weighted by molar-refractivity contribution is 0.0947. The van der Waals surface area contributed by atoms with E-state index in [9.17, 15) is 4.79 Å². The van der Waals surface area contributed by atoms with Gasteiger partial charge in [-0.15, -0.1) is 10.2 Å². The molecule has 0 aliphatic rings. The van der Waals surface area contributed by atoms with Crippen molar-refractivity contribution in [3.63, 3.8) is 0 Å². The first-order chi connectivity index (χ1) is 11.7. The minimum atomic E-state index is -0.262. The Morgan fingerprint density at radius 1 is 1.21 bits per heavy atom. The van der Waals surface area contributed by atoms with Gasteiger partial charge in [-0.1, -0.05) is 17.7 Å². The van der Waals surface area contributed by atoms with E-state index in [4.69, 9.17) is 20.8 Å². The van der Waals surface area contributed by atoms with Crippen molar-refractivity contribution in [2.24, 2.45) is 0 Å². The second-order valence-corrected chi connectivity index (χ2v) is 5.36. The standard InChI is InChI=1S/C17H14ClN3O3/c1-23-14-7-5-11(6-8-14)17-21-20-15(24-17)10-19-16(22)12-3-2-4-13(18)9-12/h2-9H,10H2,1H3,(H,19,22). The van der Waals surface area contributed by atoms with Crippen LogP contribution in [-0.2, 0) is 6.54 Å². The number of benzene rings is 2. The zero-order valence-corrected chi connectivity index (χ0v) is 13.6. The van der Waals surface area contributed by atoms with Crippen LogP contribution in [0.1, 0.15) is 16.2 Å². The van der Waals surface area contributed by atoms with E-state index in [1.165, 1.54) is 0 Å². The number of methoxy groups -OCH3 is 1. The van der Waals surface area contributed by atoms with E-state index in [0.29, 0.717) is 22.4 Å².